The quantitative estimate of drug-likeness (QED) is 0.585. The molecule has 1 aromatic carbocycles. The topological polar surface area (TPSA) is 49.2 Å². The third kappa shape index (κ3) is 3.74. The minimum atomic E-state index is -0.279. The van der Waals surface area contributed by atoms with Crippen LogP contribution >= 0.6 is 12.2 Å². The van der Waals surface area contributed by atoms with Gasteiger partial charge in [-0.2, -0.15) is 0 Å². The molecule has 0 saturated carbocycles. The van der Waals surface area contributed by atoms with Crippen molar-refractivity contribution >= 4 is 23.0 Å². The van der Waals surface area contributed by atoms with Crippen molar-refractivity contribution in [3.05, 3.63) is 54.2 Å². The summed E-state index contributed by atoms with van der Waals surface area (Å²) in [6.45, 7) is 0.504. The highest BCUT2D eigenvalue weighted by Crippen LogP contribution is 2.06. The fraction of sp³-hybridized carbons (Fsp3) is 0.0833. The highest BCUT2D eigenvalue weighted by Gasteiger charge is 1.98. The van der Waals surface area contributed by atoms with Crippen LogP contribution in [-0.2, 0) is 6.54 Å². The van der Waals surface area contributed by atoms with Gasteiger partial charge in [0.25, 0.3) is 0 Å². The van der Waals surface area contributed by atoms with E-state index in [4.69, 9.17) is 16.6 Å². The van der Waals surface area contributed by atoms with Crippen molar-refractivity contribution in [1.82, 2.24) is 10.7 Å². The number of anilines is 1. The van der Waals surface area contributed by atoms with Crippen LogP contribution in [0.15, 0.2) is 47.1 Å². The molecule has 0 aliphatic rings. The van der Waals surface area contributed by atoms with Gasteiger partial charge in [-0.1, -0.05) is 0 Å². The Morgan fingerprint density at radius 1 is 1.22 bits per heavy atom. The standard InChI is InChI=1S/C12H12FN3OS/c13-9-3-5-10(6-4-9)15-16-12(18)14-8-11-2-1-7-17-11/h1-7,15H,8H2,(H2,14,16,18). The van der Waals surface area contributed by atoms with Crippen molar-refractivity contribution in [3.63, 3.8) is 0 Å². The van der Waals surface area contributed by atoms with Gasteiger partial charge in [-0.3, -0.25) is 10.9 Å². The fourth-order valence-electron chi connectivity index (χ4n) is 1.29. The number of hydrogen-bond donors (Lipinski definition) is 3. The molecular weight excluding hydrogens is 253 g/mol. The summed E-state index contributed by atoms with van der Waals surface area (Å²) in [5.74, 6) is 0.514. The lowest BCUT2D eigenvalue weighted by Gasteiger charge is -2.11. The van der Waals surface area contributed by atoms with Gasteiger partial charge in [0.2, 0.25) is 0 Å². The molecule has 3 N–H and O–H groups in total. The summed E-state index contributed by atoms with van der Waals surface area (Å²) in [7, 11) is 0. The highest BCUT2D eigenvalue weighted by atomic mass is 32.1. The second kappa shape index (κ2) is 6.02. The van der Waals surface area contributed by atoms with Gasteiger partial charge in [0.1, 0.15) is 11.6 Å². The molecule has 0 spiro atoms. The molecular formula is C12H12FN3OS. The molecule has 2 aromatic rings. The molecule has 0 bridgehead atoms. The number of hydrogen-bond acceptors (Lipinski definition) is 3. The first-order chi connectivity index (χ1) is 8.74. The molecule has 0 aliphatic carbocycles. The van der Waals surface area contributed by atoms with Gasteiger partial charge in [-0.05, 0) is 48.6 Å². The molecule has 0 atom stereocenters. The van der Waals surface area contributed by atoms with Gasteiger partial charge in [-0.15, -0.1) is 0 Å². The highest BCUT2D eigenvalue weighted by molar-refractivity contribution is 7.80. The van der Waals surface area contributed by atoms with E-state index < -0.39 is 0 Å². The number of benzene rings is 1. The van der Waals surface area contributed by atoms with Gasteiger partial charge in [0, 0.05) is 0 Å². The summed E-state index contributed by atoms with van der Waals surface area (Å²) < 4.78 is 17.8. The maximum absolute atomic E-state index is 12.7. The molecule has 1 aromatic heterocycles. The Morgan fingerprint density at radius 2 is 2.00 bits per heavy atom. The monoisotopic (exact) mass is 265 g/mol. The van der Waals surface area contributed by atoms with Crippen LogP contribution in [0, 0.1) is 5.82 Å². The molecule has 0 fully saturated rings. The van der Waals surface area contributed by atoms with Gasteiger partial charge in [0.15, 0.2) is 5.11 Å². The molecule has 94 valence electrons. The fourth-order valence-corrected chi connectivity index (χ4v) is 1.41. The lowest BCUT2D eigenvalue weighted by Crippen LogP contribution is -2.38. The molecule has 0 amide bonds. The van der Waals surface area contributed by atoms with Crippen molar-refractivity contribution in [2.24, 2.45) is 0 Å². The van der Waals surface area contributed by atoms with Gasteiger partial charge < -0.3 is 9.73 Å². The lowest BCUT2D eigenvalue weighted by molar-refractivity contribution is 0.503. The molecule has 1 heterocycles. The summed E-state index contributed by atoms with van der Waals surface area (Å²) in [6.07, 6.45) is 1.60. The molecule has 0 saturated heterocycles. The second-order valence-corrected chi connectivity index (χ2v) is 3.93. The Bertz CT molecular complexity index is 499. The molecule has 0 radical (unpaired) electrons. The third-order valence-electron chi connectivity index (χ3n) is 2.17. The number of rotatable bonds is 4. The van der Waals surface area contributed by atoms with Crippen molar-refractivity contribution in [1.29, 1.82) is 0 Å². The smallest absolute Gasteiger partial charge is 0.185 e. The van der Waals surface area contributed by atoms with E-state index in [-0.39, 0.29) is 5.82 Å². The minimum absolute atomic E-state index is 0.279. The largest absolute Gasteiger partial charge is 0.467 e. The summed E-state index contributed by atoms with van der Waals surface area (Å²) in [6, 6.07) is 9.61. The van der Waals surface area contributed by atoms with Crippen LogP contribution in [0.2, 0.25) is 0 Å². The number of halogens is 1. The van der Waals surface area contributed by atoms with Crippen molar-refractivity contribution in [2.45, 2.75) is 6.54 Å². The van der Waals surface area contributed by atoms with E-state index in [0.29, 0.717) is 11.7 Å². The molecule has 18 heavy (non-hydrogen) atoms. The van der Waals surface area contributed by atoms with Crippen LogP contribution in [-0.4, -0.2) is 5.11 Å². The predicted molar refractivity (Wildman–Crippen MR) is 71.3 cm³/mol. The van der Waals surface area contributed by atoms with Gasteiger partial charge >= 0.3 is 0 Å². The van der Waals surface area contributed by atoms with Crippen molar-refractivity contribution in [2.75, 3.05) is 5.43 Å². The molecule has 0 unspecified atom stereocenters. The molecule has 6 heteroatoms. The van der Waals surface area contributed by atoms with Gasteiger partial charge in [-0.25, -0.2) is 4.39 Å². The van der Waals surface area contributed by atoms with E-state index in [1.807, 2.05) is 12.1 Å². The first-order valence-electron chi connectivity index (χ1n) is 5.32. The van der Waals surface area contributed by atoms with E-state index in [2.05, 4.69) is 16.2 Å². The third-order valence-corrected chi connectivity index (χ3v) is 2.41. The van der Waals surface area contributed by atoms with E-state index in [9.17, 15) is 4.39 Å². The molecule has 4 nitrogen and oxygen atoms in total. The number of nitrogens with one attached hydrogen (secondary N) is 3. The maximum Gasteiger partial charge on any atom is 0.185 e. The van der Waals surface area contributed by atoms with Crippen LogP contribution in [0.25, 0.3) is 0 Å². The number of furan rings is 1. The zero-order valence-electron chi connectivity index (χ0n) is 9.44. The maximum atomic E-state index is 12.7. The van der Waals surface area contributed by atoms with E-state index in [0.717, 1.165) is 11.4 Å². The average Bonchev–Trinajstić information content (AvgIpc) is 2.89. The van der Waals surface area contributed by atoms with Crippen LogP contribution in [0.3, 0.4) is 0 Å². The Kier molecular flexibility index (Phi) is 4.14. The van der Waals surface area contributed by atoms with Crippen LogP contribution in [0.5, 0.6) is 0 Å². The molecule has 0 aliphatic heterocycles. The van der Waals surface area contributed by atoms with E-state index in [1.165, 1.54) is 12.1 Å². The Balaban J connectivity index is 1.73. The first-order valence-corrected chi connectivity index (χ1v) is 5.72. The predicted octanol–water partition coefficient (Wildman–Crippen LogP) is 2.41. The Hall–Kier alpha value is -2.08. The van der Waals surface area contributed by atoms with E-state index >= 15 is 0 Å². The average molecular weight is 265 g/mol. The number of thiocarbonyl (C=S) groups is 1. The van der Waals surface area contributed by atoms with Crippen molar-refractivity contribution in [3.8, 4) is 0 Å². The SMILES string of the molecule is Fc1ccc(NNC(=S)NCc2ccco2)cc1. The van der Waals surface area contributed by atoms with Crippen LogP contribution in [0.1, 0.15) is 5.76 Å². The Morgan fingerprint density at radius 3 is 2.67 bits per heavy atom. The number of hydrazine groups is 1. The summed E-state index contributed by atoms with van der Waals surface area (Å²) >= 11 is 5.05. The summed E-state index contributed by atoms with van der Waals surface area (Å²) in [5.41, 5.74) is 6.36. The minimum Gasteiger partial charge on any atom is -0.467 e. The zero-order valence-corrected chi connectivity index (χ0v) is 10.3. The summed E-state index contributed by atoms with van der Waals surface area (Å²) in [5, 5.41) is 3.38. The molecule has 2 rings (SSSR count). The van der Waals surface area contributed by atoms with Crippen LogP contribution < -0.4 is 16.2 Å². The van der Waals surface area contributed by atoms with Crippen LogP contribution in [0.4, 0.5) is 10.1 Å². The first kappa shape index (κ1) is 12.4. The normalized spacial score (nSPS) is 9.83. The lowest BCUT2D eigenvalue weighted by atomic mass is 10.3. The zero-order chi connectivity index (χ0) is 12.8. The van der Waals surface area contributed by atoms with E-state index in [1.54, 1.807) is 18.4 Å². The Labute approximate surface area is 109 Å². The van der Waals surface area contributed by atoms with Gasteiger partial charge in [0.05, 0.1) is 18.5 Å². The summed E-state index contributed by atoms with van der Waals surface area (Å²) in [4.78, 5) is 0. The second-order valence-electron chi connectivity index (χ2n) is 3.52. The van der Waals surface area contributed by atoms with Crippen molar-refractivity contribution < 1.29 is 8.81 Å².